The monoisotopic (exact) mass is 514 g/mol. The van der Waals surface area contributed by atoms with Crippen LogP contribution in [0, 0.1) is 19.7 Å². The van der Waals surface area contributed by atoms with Gasteiger partial charge in [0.05, 0.1) is 25.1 Å². The first-order valence-electron chi connectivity index (χ1n) is 12.0. The Bertz CT molecular complexity index is 1010. The van der Waals surface area contributed by atoms with Crippen LogP contribution in [0.2, 0.25) is 5.15 Å². The van der Waals surface area contributed by atoms with Crippen molar-refractivity contribution >= 4 is 34.3 Å². The molecule has 0 radical (unpaired) electrons. The molecule has 10 heteroatoms. The Morgan fingerprint density at radius 1 is 1.14 bits per heavy atom. The van der Waals surface area contributed by atoms with E-state index in [4.69, 9.17) is 21.1 Å². The molecule has 3 rings (SSSR count). The smallest absolute Gasteiger partial charge is 0.410 e. The summed E-state index contributed by atoms with van der Waals surface area (Å²) in [5.74, 6) is 0.00948. The number of carbonyl (C=O) groups is 1. The number of aliphatic hydroxyl groups is 1. The summed E-state index contributed by atoms with van der Waals surface area (Å²) in [4.78, 5) is 24.7. The Balaban J connectivity index is 0.00000145. The van der Waals surface area contributed by atoms with Crippen LogP contribution in [0.5, 0.6) is 5.88 Å². The van der Waals surface area contributed by atoms with E-state index in [1.54, 1.807) is 34.6 Å². The van der Waals surface area contributed by atoms with Gasteiger partial charge >= 0.3 is 6.09 Å². The molecular formula is C25H40ClFN4O4. The highest BCUT2D eigenvalue weighted by Gasteiger charge is 2.35. The second-order valence-corrected chi connectivity index (χ2v) is 8.94. The summed E-state index contributed by atoms with van der Waals surface area (Å²) in [7, 11) is 1.44. The van der Waals surface area contributed by atoms with Crippen LogP contribution in [0.15, 0.2) is 0 Å². The Kier molecular flexibility index (Phi) is 11.4. The molecule has 1 saturated heterocycles. The van der Waals surface area contributed by atoms with Gasteiger partial charge in [-0.1, -0.05) is 39.3 Å². The van der Waals surface area contributed by atoms with Crippen molar-refractivity contribution in [3.05, 3.63) is 22.2 Å². The van der Waals surface area contributed by atoms with Crippen LogP contribution in [0.3, 0.4) is 0 Å². The van der Waals surface area contributed by atoms with Gasteiger partial charge < -0.3 is 19.5 Å². The summed E-state index contributed by atoms with van der Waals surface area (Å²) in [5, 5.41) is 10.4. The highest BCUT2D eigenvalue weighted by Crippen LogP contribution is 2.39. The van der Waals surface area contributed by atoms with E-state index in [-0.39, 0.29) is 24.2 Å². The maximum Gasteiger partial charge on any atom is 0.410 e. The number of hydrogen-bond acceptors (Lipinski definition) is 7. The largest absolute Gasteiger partial charge is 0.480 e. The number of pyridine rings is 2. The summed E-state index contributed by atoms with van der Waals surface area (Å²) < 4.78 is 25.8. The summed E-state index contributed by atoms with van der Waals surface area (Å²) in [6.07, 6.45) is -0.485. The van der Waals surface area contributed by atoms with Crippen LogP contribution in [0.4, 0.5) is 15.0 Å². The quantitative estimate of drug-likeness (QED) is 0.539. The van der Waals surface area contributed by atoms with Crippen molar-refractivity contribution < 1.29 is 23.8 Å². The number of aryl methyl sites for hydroxylation is 2. The van der Waals surface area contributed by atoms with E-state index in [2.05, 4.69) is 9.97 Å². The van der Waals surface area contributed by atoms with Crippen LogP contribution in [0.25, 0.3) is 10.8 Å². The van der Waals surface area contributed by atoms with Crippen LogP contribution in [-0.2, 0) is 4.74 Å². The number of rotatable bonds is 3. The van der Waals surface area contributed by atoms with E-state index in [0.29, 0.717) is 40.9 Å². The molecule has 2 aromatic heterocycles. The number of methoxy groups -OCH3 is 1. The molecule has 1 atom stereocenters. The number of anilines is 1. The molecule has 198 valence electrons. The highest BCUT2D eigenvalue weighted by atomic mass is 35.5. The number of halogens is 2. The van der Waals surface area contributed by atoms with Crippen LogP contribution >= 0.6 is 11.6 Å². The zero-order valence-corrected chi connectivity index (χ0v) is 23.4. The number of piperazine rings is 1. The third kappa shape index (κ3) is 6.85. The first kappa shape index (κ1) is 30.6. The molecule has 0 saturated carbocycles. The molecule has 0 aliphatic carbocycles. The lowest BCUT2D eigenvalue weighted by atomic mass is 10.0. The van der Waals surface area contributed by atoms with Crippen molar-refractivity contribution in [2.75, 3.05) is 38.3 Å². The van der Waals surface area contributed by atoms with Gasteiger partial charge in [-0.3, -0.25) is 4.90 Å². The van der Waals surface area contributed by atoms with E-state index >= 15 is 0 Å². The van der Waals surface area contributed by atoms with E-state index < -0.39 is 23.6 Å². The lowest BCUT2D eigenvalue weighted by molar-refractivity contribution is 0.00700. The minimum absolute atomic E-state index is 0.169. The number of hydrogen-bond donors (Lipinski definition) is 1. The third-order valence-corrected chi connectivity index (χ3v) is 5.54. The summed E-state index contributed by atoms with van der Waals surface area (Å²) >= 11 is 6.00. The predicted molar refractivity (Wildman–Crippen MR) is 139 cm³/mol. The maximum atomic E-state index is 15.0. The minimum Gasteiger partial charge on any atom is -0.480 e. The van der Waals surface area contributed by atoms with Gasteiger partial charge in [0.15, 0.2) is 11.0 Å². The number of fused-ring (bicyclic) bond motifs is 1. The Morgan fingerprint density at radius 2 is 1.74 bits per heavy atom. The van der Waals surface area contributed by atoms with Gasteiger partial charge in [0.2, 0.25) is 5.88 Å². The standard InChI is InChI=1S/C21H28ClFN4O4.2C2H6/c1-11-12(2)24-18(15-14(11)16(23)17(22)25-19(15)30-6)26-7-8-27(13(9-26)10-28)20(29)31-21(3,4)5;2*1-2/h13,28H,7-10H2,1-6H3;2*1-2H3. The lowest BCUT2D eigenvalue weighted by Crippen LogP contribution is -2.57. The van der Waals surface area contributed by atoms with E-state index in [0.717, 1.165) is 0 Å². The predicted octanol–water partition coefficient (Wildman–Crippen LogP) is 5.52. The number of amides is 1. The van der Waals surface area contributed by atoms with Crippen molar-refractivity contribution in [1.82, 2.24) is 14.9 Å². The summed E-state index contributed by atoms with van der Waals surface area (Å²) in [6.45, 7) is 17.7. The first-order chi connectivity index (χ1) is 16.5. The number of nitrogens with zero attached hydrogens (tertiary/aromatic N) is 4. The fourth-order valence-corrected chi connectivity index (χ4v) is 3.87. The number of ether oxygens (including phenoxy) is 2. The molecule has 1 amide bonds. The zero-order chi connectivity index (χ0) is 27.1. The SMILES string of the molecule is CC.CC.COc1nc(Cl)c(F)c2c(C)c(C)nc(N3CCN(C(=O)OC(C)(C)C)C(CO)C3)c12. The number of aromatic nitrogens is 2. The summed E-state index contributed by atoms with van der Waals surface area (Å²) in [5.41, 5.74) is 0.640. The molecule has 1 fully saturated rings. The van der Waals surface area contributed by atoms with Gasteiger partial charge in [0.1, 0.15) is 11.4 Å². The number of aliphatic hydroxyl groups excluding tert-OH is 1. The molecular weight excluding hydrogens is 475 g/mol. The second-order valence-electron chi connectivity index (χ2n) is 8.58. The molecule has 1 aliphatic rings. The number of carbonyl (C=O) groups excluding carboxylic acids is 1. The van der Waals surface area contributed by atoms with Gasteiger partial charge in [-0.15, -0.1) is 0 Å². The highest BCUT2D eigenvalue weighted by molar-refractivity contribution is 6.30. The molecule has 0 aromatic carbocycles. The minimum atomic E-state index is -0.643. The molecule has 3 heterocycles. The van der Waals surface area contributed by atoms with Gasteiger partial charge in [0.25, 0.3) is 0 Å². The maximum absolute atomic E-state index is 15.0. The zero-order valence-electron chi connectivity index (χ0n) is 22.6. The van der Waals surface area contributed by atoms with Gasteiger partial charge in [-0.05, 0) is 40.2 Å². The van der Waals surface area contributed by atoms with Gasteiger partial charge in [-0.2, -0.15) is 4.98 Å². The van der Waals surface area contributed by atoms with Gasteiger partial charge in [-0.25, -0.2) is 14.2 Å². The first-order valence-corrected chi connectivity index (χ1v) is 12.4. The average Bonchev–Trinajstić information content (AvgIpc) is 2.84. The fourth-order valence-electron chi connectivity index (χ4n) is 3.69. The van der Waals surface area contributed by atoms with Crippen molar-refractivity contribution in [1.29, 1.82) is 0 Å². The molecule has 8 nitrogen and oxygen atoms in total. The van der Waals surface area contributed by atoms with Crippen molar-refractivity contribution in [2.24, 2.45) is 0 Å². The van der Waals surface area contributed by atoms with Crippen molar-refractivity contribution in [3.8, 4) is 5.88 Å². The van der Waals surface area contributed by atoms with Gasteiger partial charge in [0, 0.05) is 30.7 Å². The van der Waals surface area contributed by atoms with Crippen LogP contribution in [-0.4, -0.2) is 71.1 Å². The molecule has 35 heavy (non-hydrogen) atoms. The Labute approximate surface area is 213 Å². The molecule has 1 aliphatic heterocycles. The topological polar surface area (TPSA) is 88.0 Å². The van der Waals surface area contributed by atoms with E-state index in [1.165, 1.54) is 12.0 Å². The Hall–Kier alpha value is -2.39. The molecule has 1 unspecified atom stereocenters. The second kappa shape index (κ2) is 13.1. The lowest BCUT2D eigenvalue weighted by Gasteiger charge is -2.41. The summed E-state index contributed by atoms with van der Waals surface area (Å²) in [6, 6.07) is -0.516. The Morgan fingerprint density at radius 3 is 2.26 bits per heavy atom. The molecule has 2 aromatic rings. The normalized spacial score (nSPS) is 15.6. The van der Waals surface area contributed by atoms with Crippen LogP contribution in [0.1, 0.15) is 59.7 Å². The molecule has 0 spiro atoms. The van der Waals surface area contributed by atoms with Crippen molar-refractivity contribution in [3.63, 3.8) is 0 Å². The van der Waals surface area contributed by atoms with E-state index in [9.17, 15) is 14.3 Å². The van der Waals surface area contributed by atoms with E-state index in [1.807, 2.05) is 32.6 Å². The average molecular weight is 515 g/mol. The fraction of sp³-hybridized carbons (Fsp3) is 0.640. The third-order valence-electron chi connectivity index (χ3n) is 5.29. The molecule has 0 bridgehead atoms. The van der Waals surface area contributed by atoms with Crippen molar-refractivity contribution in [2.45, 2.75) is 74.0 Å². The van der Waals surface area contributed by atoms with Crippen LogP contribution < -0.4 is 9.64 Å². The molecule has 1 N–H and O–H groups in total.